The fraction of sp³-hybridized carbons (Fsp3) is 0.125. The third-order valence-electron chi connectivity index (χ3n) is 3.30. The summed E-state index contributed by atoms with van der Waals surface area (Å²) in [6, 6.07) is 8.83. The average molecular weight is 371 g/mol. The maximum atomic E-state index is 12.8. The Morgan fingerprint density at radius 2 is 1.92 bits per heavy atom. The van der Waals surface area contributed by atoms with Gasteiger partial charge in [-0.3, -0.25) is 4.79 Å². The van der Waals surface area contributed by atoms with Crippen LogP contribution in [0.15, 0.2) is 52.8 Å². The Morgan fingerprint density at radius 3 is 2.62 bits per heavy atom. The first-order chi connectivity index (χ1) is 11.3. The molecule has 0 saturated heterocycles. The molecule has 0 N–H and O–H groups in total. The minimum atomic E-state index is -4.50. The summed E-state index contributed by atoms with van der Waals surface area (Å²) in [6.45, 7) is -0.0380. The molecule has 3 aromatic rings. The number of rotatable bonds is 3. The number of hydrogen-bond acceptors (Lipinski definition) is 3. The molecule has 1 aromatic carbocycles. The standard InChI is InChI=1S/C16H10ClF3N2OS/c17-13-4-2-1-3-12(13)15-21-11(9-24-15)8-22-7-10(16(18,19)20)5-6-14(22)23/h1-7,9H,8H2. The largest absolute Gasteiger partial charge is 0.417 e. The zero-order chi connectivity index (χ0) is 17.3. The fourth-order valence-corrected chi connectivity index (χ4v) is 3.27. The molecule has 2 heterocycles. The van der Waals surface area contributed by atoms with Gasteiger partial charge in [-0.1, -0.05) is 29.8 Å². The number of hydrogen-bond donors (Lipinski definition) is 0. The third kappa shape index (κ3) is 3.52. The van der Waals surface area contributed by atoms with E-state index in [1.807, 2.05) is 6.07 Å². The number of alkyl halides is 3. The summed E-state index contributed by atoms with van der Waals surface area (Å²) in [4.78, 5) is 16.1. The highest BCUT2D eigenvalue weighted by molar-refractivity contribution is 7.13. The van der Waals surface area contributed by atoms with Crippen molar-refractivity contribution in [2.24, 2.45) is 0 Å². The lowest BCUT2D eigenvalue weighted by molar-refractivity contribution is -0.138. The first-order valence-corrected chi connectivity index (χ1v) is 8.07. The molecule has 0 aliphatic carbocycles. The molecular formula is C16H10ClF3N2OS. The molecule has 2 aromatic heterocycles. The monoisotopic (exact) mass is 370 g/mol. The lowest BCUT2D eigenvalue weighted by Gasteiger charge is -2.09. The van der Waals surface area contributed by atoms with Gasteiger partial charge in [0.2, 0.25) is 0 Å². The lowest BCUT2D eigenvalue weighted by Crippen LogP contribution is -2.22. The minimum absolute atomic E-state index is 0.0380. The Hall–Kier alpha value is -2.12. The lowest BCUT2D eigenvalue weighted by atomic mass is 10.2. The Bertz CT molecular complexity index is 933. The summed E-state index contributed by atoms with van der Waals surface area (Å²) in [6.07, 6.45) is -3.70. The molecule has 0 spiro atoms. The third-order valence-corrected chi connectivity index (χ3v) is 4.55. The van der Waals surface area contributed by atoms with Crippen molar-refractivity contribution in [2.75, 3.05) is 0 Å². The van der Waals surface area contributed by atoms with Crippen molar-refractivity contribution in [1.29, 1.82) is 0 Å². The van der Waals surface area contributed by atoms with Gasteiger partial charge in [0.25, 0.3) is 5.56 Å². The van der Waals surface area contributed by atoms with E-state index in [0.29, 0.717) is 15.7 Å². The van der Waals surface area contributed by atoms with Crippen LogP contribution in [-0.2, 0) is 12.7 Å². The van der Waals surface area contributed by atoms with E-state index in [1.165, 1.54) is 11.3 Å². The van der Waals surface area contributed by atoms with E-state index in [2.05, 4.69) is 4.98 Å². The molecule has 0 aliphatic heterocycles. The predicted octanol–water partition coefficient (Wildman–Crippen LogP) is 4.69. The summed E-state index contributed by atoms with van der Waals surface area (Å²) in [5.74, 6) is 0. The number of nitrogens with zero attached hydrogens (tertiary/aromatic N) is 2. The molecule has 8 heteroatoms. The van der Waals surface area contributed by atoms with E-state index >= 15 is 0 Å². The average Bonchev–Trinajstić information content (AvgIpc) is 2.97. The maximum absolute atomic E-state index is 12.8. The van der Waals surface area contributed by atoms with Gasteiger partial charge >= 0.3 is 6.18 Å². The number of benzene rings is 1. The number of halogens is 4. The molecule has 0 aliphatic rings. The van der Waals surface area contributed by atoms with Crippen LogP contribution in [0.1, 0.15) is 11.3 Å². The second-order valence-electron chi connectivity index (χ2n) is 5.01. The predicted molar refractivity (Wildman–Crippen MR) is 87.4 cm³/mol. The zero-order valence-corrected chi connectivity index (χ0v) is 13.6. The first kappa shape index (κ1) is 16.7. The Balaban J connectivity index is 1.91. The van der Waals surface area contributed by atoms with Gasteiger partial charge in [-0.05, 0) is 12.1 Å². The van der Waals surface area contributed by atoms with Crippen LogP contribution in [0, 0.1) is 0 Å². The van der Waals surface area contributed by atoms with Crippen molar-refractivity contribution in [2.45, 2.75) is 12.7 Å². The topological polar surface area (TPSA) is 34.9 Å². The minimum Gasteiger partial charge on any atom is -0.309 e. The molecular weight excluding hydrogens is 361 g/mol. The van der Waals surface area contributed by atoms with Crippen LogP contribution in [0.2, 0.25) is 5.02 Å². The first-order valence-electron chi connectivity index (χ1n) is 6.81. The van der Waals surface area contributed by atoms with Crippen molar-refractivity contribution in [3.05, 3.63) is 74.6 Å². The van der Waals surface area contributed by atoms with Crippen molar-refractivity contribution in [3.8, 4) is 10.6 Å². The Labute approximate surface area is 144 Å². The van der Waals surface area contributed by atoms with Crippen LogP contribution in [0.25, 0.3) is 10.6 Å². The maximum Gasteiger partial charge on any atom is 0.417 e. The summed E-state index contributed by atoms with van der Waals surface area (Å²) < 4.78 is 39.3. The molecule has 0 radical (unpaired) electrons. The fourth-order valence-electron chi connectivity index (χ4n) is 2.14. The van der Waals surface area contributed by atoms with Crippen molar-refractivity contribution in [3.63, 3.8) is 0 Å². The van der Waals surface area contributed by atoms with E-state index in [-0.39, 0.29) is 6.54 Å². The van der Waals surface area contributed by atoms with Gasteiger partial charge in [-0.2, -0.15) is 13.2 Å². The van der Waals surface area contributed by atoms with E-state index in [0.717, 1.165) is 28.5 Å². The molecule has 0 unspecified atom stereocenters. The van der Waals surface area contributed by atoms with Gasteiger partial charge in [0, 0.05) is 23.2 Å². The Morgan fingerprint density at radius 1 is 1.17 bits per heavy atom. The van der Waals surface area contributed by atoms with Crippen LogP contribution >= 0.6 is 22.9 Å². The van der Waals surface area contributed by atoms with Crippen molar-refractivity contribution in [1.82, 2.24) is 9.55 Å². The van der Waals surface area contributed by atoms with Crippen LogP contribution < -0.4 is 5.56 Å². The highest BCUT2D eigenvalue weighted by atomic mass is 35.5. The summed E-state index contributed by atoms with van der Waals surface area (Å²) in [7, 11) is 0. The SMILES string of the molecule is O=c1ccc(C(F)(F)F)cn1Cc1csc(-c2ccccc2Cl)n1. The van der Waals surface area contributed by atoms with Gasteiger partial charge in [0.05, 0.1) is 22.8 Å². The highest BCUT2D eigenvalue weighted by Gasteiger charge is 2.31. The summed E-state index contributed by atoms with van der Waals surface area (Å²) in [5.41, 5.74) is -0.151. The highest BCUT2D eigenvalue weighted by Crippen LogP contribution is 2.31. The second kappa shape index (κ2) is 6.41. The van der Waals surface area contributed by atoms with Crippen LogP contribution in [-0.4, -0.2) is 9.55 Å². The molecule has 0 saturated carbocycles. The van der Waals surface area contributed by atoms with Gasteiger partial charge in [0.1, 0.15) is 5.01 Å². The van der Waals surface area contributed by atoms with E-state index in [4.69, 9.17) is 11.6 Å². The Kier molecular flexibility index (Phi) is 4.47. The van der Waals surface area contributed by atoms with E-state index in [9.17, 15) is 18.0 Å². The molecule has 0 fully saturated rings. The molecule has 3 nitrogen and oxygen atoms in total. The molecule has 124 valence electrons. The zero-order valence-electron chi connectivity index (χ0n) is 12.0. The van der Waals surface area contributed by atoms with Gasteiger partial charge in [-0.15, -0.1) is 11.3 Å². The summed E-state index contributed by atoms with van der Waals surface area (Å²) >= 11 is 7.43. The second-order valence-corrected chi connectivity index (χ2v) is 6.27. The van der Waals surface area contributed by atoms with Crippen LogP contribution in [0.3, 0.4) is 0 Å². The van der Waals surface area contributed by atoms with Gasteiger partial charge in [0.15, 0.2) is 0 Å². The van der Waals surface area contributed by atoms with Crippen LogP contribution in [0.4, 0.5) is 13.2 Å². The molecule has 24 heavy (non-hydrogen) atoms. The van der Waals surface area contributed by atoms with Crippen molar-refractivity contribution < 1.29 is 13.2 Å². The number of pyridine rings is 1. The molecule has 0 bridgehead atoms. The van der Waals surface area contributed by atoms with Gasteiger partial charge in [-0.25, -0.2) is 4.98 Å². The normalized spacial score (nSPS) is 11.7. The van der Waals surface area contributed by atoms with Gasteiger partial charge < -0.3 is 4.57 Å². The quantitative estimate of drug-likeness (QED) is 0.670. The number of aromatic nitrogens is 2. The van der Waals surface area contributed by atoms with E-state index in [1.54, 1.807) is 23.6 Å². The summed E-state index contributed by atoms with van der Waals surface area (Å²) in [5, 5.41) is 2.89. The van der Waals surface area contributed by atoms with Crippen LogP contribution in [0.5, 0.6) is 0 Å². The smallest absolute Gasteiger partial charge is 0.309 e. The van der Waals surface area contributed by atoms with E-state index < -0.39 is 17.3 Å². The van der Waals surface area contributed by atoms with Crippen molar-refractivity contribution >= 4 is 22.9 Å². The molecule has 0 atom stereocenters. The molecule has 0 amide bonds. The molecule has 3 rings (SSSR count). The number of thiazole rings is 1.